The van der Waals surface area contributed by atoms with Gasteiger partial charge >= 0.3 is 0 Å². The Balaban J connectivity index is 2.36. The number of rotatable bonds is 6. The molecule has 1 saturated heterocycles. The van der Waals surface area contributed by atoms with Crippen LogP contribution in [-0.4, -0.2) is 72.9 Å². The summed E-state index contributed by atoms with van der Waals surface area (Å²) in [5.41, 5.74) is -0.150. The van der Waals surface area contributed by atoms with E-state index in [4.69, 9.17) is 0 Å². The summed E-state index contributed by atoms with van der Waals surface area (Å²) in [5.74, 6) is 0. The molecule has 0 aromatic rings. The lowest BCUT2D eigenvalue weighted by molar-refractivity contribution is 0.0813. The smallest absolute Gasteiger partial charge is 0.0623 e. The fourth-order valence-corrected chi connectivity index (χ4v) is 2.35. The molecule has 1 aliphatic rings. The summed E-state index contributed by atoms with van der Waals surface area (Å²) < 4.78 is 0. The largest absolute Gasteiger partial charge is 0.394 e. The topological polar surface area (TPSA) is 38.7 Å². The molecule has 1 fully saturated rings. The molecule has 0 aliphatic carbocycles. The molecule has 0 aromatic heterocycles. The van der Waals surface area contributed by atoms with Crippen molar-refractivity contribution in [3.63, 3.8) is 0 Å². The minimum absolute atomic E-state index is 0.150. The molecule has 0 bridgehead atoms. The van der Waals surface area contributed by atoms with Crippen molar-refractivity contribution in [3.8, 4) is 0 Å². The molecular formula is C12H27N3O. The van der Waals surface area contributed by atoms with Crippen molar-refractivity contribution in [2.75, 3.05) is 52.4 Å². The third kappa shape index (κ3) is 4.01. The van der Waals surface area contributed by atoms with Crippen molar-refractivity contribution in [1.29, 1.82) is 0 Å². The normalized spacial score (nSPS) is 23.2. The minimum atomic E-state index is -0.150. The highest BCUT2D eigenvalue weighted by molar-refractivity contribution is 4.87. The van der Waals surface area contributed by atoms with E-state index in [0.29, 0.717) is 0 Å². The zero-order valence-electron chi connectivity index (χ0n) is 11.0. The first-order valence-corrected chi connectivity index (χ1v) is 6.44. The van der Waals surface area contributed by atoms with Gasteiger partial charge < -0.3 is 15.3 Å². The fraction of sp³-hybridized carbons (Fsp3) is 1.00. The van der Waals surface area contributed by atoms with E-state index >= 15 is 0 Å². The Morgan fingerprint density at radius 3 is 2.12 bits per heavy atom. The summed E-state index contributed by atoms with van der Waals surface area (Å²) in [7, 11) is 0. The van der Waals surface area contributed by atoms with Crippen LogP contribution in [0.4, 0.5) is 0 Å². The molecule has 1 rings (SSSR count). The quantitative estimate of drug-likeness (QED) is 0.672. The molecule has 1 atom stereocenters. The van der Waals surface area contributed by atoms with Gasteiger partial charge in [-0.15, -0.1) is 0 Å². The molecule has 0 aromatic carbocycles. The predicted molar refractivity (Wildman–Crippen MR) is 67.7 cm³/mol. The van der Waals surface area contributed by atoms with Gasteiger partial charge in [0.15, 0.2) is 0 Å². The molecular weight excluding hydrogens is 202 g/mol. The van der Waals surface area contributed by atoms with Crippen LogP contribution in [0.5, 0.6) is 0 Å². The van der Waals surface area contributed by atoms with E-state index in [1.165, 1.54) is 0 Å². The van der Waals surface area contributed by atoms with E-state index in [-0.39, 0.29) is 12.1 Å². The Morgan fingerprint density at radius 1 is 1.12 bits per heavy atom. The van der Waals surface area contributed by atoms with Crippen LogP contribution in [0.15, 0.2) is 0 Å². The van der Waals surface area contributed by atoms with Gasteiger partial charge in [0.25, 0.3) is 0 Å². The summed E-state index contributed by atoms with van der Waals surface area (Å²) in [6.45, 7) is 14.2. The highest BCUT2D eigenvalue weighted by Crippen LogP contribution is 2.09. The lowest BCUT2D eigenvalue weighted by Crippen LogP contribution is -2.57. The summed E-state index contributed by atoms with van der Waals surface area (Å²) in [4.78, 5) is 4.92. The van der Waals surface area contributed by atoms with Crippen LogP contribution >= 0.6 is 0 Å². The Labute approximate surface area is 99.6 Å². The van der Waals surface area contributed by atoms with Crippen molar-refractivity contribution < 1.29 is 5.11 Å². The molecule has 2 N–H and O–H groups in total. The van der Waals surface area contributed by atoms with Crippen molar-refractivity contribution in [2.45, 2.75) is 26.3 Å². The van der Waals surface area contributed by atoms with Crippen LogP contribution in [-0.2, 0) is 0 Å². The number of hydrogen-bond acceptors (Lipinski definition) is 4. The number of hydrogen-bond donors (Lipinski definition) is 2. The highest BCUT2D eigenvalue weighted by Gasteiger charge is 2.26. The molecule has 1 unspecified atom stereocenters. The summed E-state index contributed by atoms with van der Waals surface area (Å²) in [5, 5.41) is 12.8. The Bertz CT molecular complexity index is 193. The monoisotopic (exact) mass is 229 g/mol. The van der Waals surface area contributed by atoms with Gasteiger partial charge in [0.05, 0.1) is 12.1 Å². The minimum Gasteiger partial charge on any atom is -0.394 e. The van der Waals surface area contributed by atoms with Gasteiger partial charge in [0, 0.05) is 32.7 Å². The summed E-state index contributed by atoms with van der Waals surface area (Å²) in [6, 6.07) is 0. The number of likely N-dealkylation sites (N-methyl/N-ethyl adjacent to an activating group) is 2. The fourth-order valence-electron chi connectivity index (χ4n) is 2.35. The van der Waals surface area contributed by atoms with E-state index in [2.05, 4.69) is 35.9 Å². The lowest BCUT2D eigenvalue weighted by atomic mass is 10.0. The van der Waals surface area contributed by atoms with Gasteiger partial charge in [-0.1, -0.05) is 13.8 Å². The van der Waals surface area contributed by atoms with Crippen LogP contribution in [0, 0.1) is 0 Å². The van der Waals surface area contributed by atoms with Crippen LogP contribution in [0.25, 0.3) is 0 Å². The second kappa shape index (κ2) is 6.55. The molecule has 4 nitrogen and oxygen atoms in total. The second-order valence-electron chi connectivity index (χ2n) is 4.96. The Kier molecular flexibility index (Phi) is 5.69. The van der Waals surface area contributed by atoms with E-state index in [1.807, 2.05) is 0 Å². The van der Waals surface area contributed by atoms with E-state index in [0.717, 1.165) is 45.8 Å². The number of aliphatic hydroxyl groups excluding tert-OH is 1. The zero-order chi connectivity index (χ0) is 12.0. The standard InChI is InChI=1S/C12H27N3O/c1-4-13-12(3,11-16)10-15-8-6-14(5-2)7-9-15/h13,16H,4-11H2,1-3H3. The molecule has 0 radical (unpaired) electrons. The highest BCUT2D eigenvalue weighted by atomic mass is 16.3. The van der Waals surface area contributed by atoms with E-state index in [1.54, 1.807) is 0 Å². The number of aliphatic hydroxyl groups is 1. The van der Waals surface area contributed by atoms with Crippen LogP contribution < -0.4 is 5.32 Å². The molecule has 1 aliphatic heterocycles. The molecule has 0 spiro atoms. The molecule has 16 heavy (non-hydrogen) atoms. The van der Waals surface area contributed by atoms with Crippen molar-refractivity contribution in [1.82, 2.24) is 15.1 Å². The maximum Gasteiger partial charge on any atom is 0.0623 e. The van der Waals surface area contributed by atoms with Crippen LogP contribution in [0.3, 0.4) is 0 Å². The average Bonchev–Trinajstić information content (AvgIpc) is 2.30. The Morgan fingerprint density at radius 2 is 1.69 bits per heavy atom. The van der Waals surface area contributed by atoms with Gasteiger partial charge in [0.2, 0.25) is 0 Å². The first-order chi connectivity index (χ1) is 7.63. The molecule has 0 amide bonds. The van der Waals surface area contributed by atoms with E-state index in [9.17, 15) is 5.11 Å². The van der Waals surface area contributed by atoms with E-state index < -0.39 is 0 Å². The third-order valence-electron chi connectivity index (χ3n) is 3.44. The SMILES string of the molecule is CCNC(C)(CO)CN1CCN(CC)CC1. The number of nitrogens with one attached hydrogen (secondary N) is 1. The molecule has 96 valence electrons. The first kappa shape index (κ1) is 13.9. The van der Waals surface area contributed by atoms with Crippen LogP contribution in [0.1, 0.15) is 20.8 Å². The van der Waals surface area contributed by atoms with Crippen molar-refractivity contribution in [3.05, 3.63) is 0 Å². The van der Waals surface area contributed by atoms with Gasteiger partial charge in [-0.2, -0.15) is 0 Å². The predicted octanol–water partition coefficient (Wildman–Crippen LogP) is -0.0156. The molecule has 1 heterocycles. The second-order valence-corrected chi connectivity index (χ2v) is 4.96. The molecule has 4 heteroatoms. The number of piperazine rings is 1. The third-order valence-corrected chi connectivity index (χ3v) is 3.44. The van der Waals surface area contributed by atoms with Gasteiger partial charge in [-0.05, 0) is 20.0 Å². The van der Waals surface area contributed by atoms with Gasteiger partial charge in [-0.3, -0.25) is 4.90 Å². The summed E-state index contributed by atoms with van der Waals surface area (Å²) in [6.07, 6.45) is 0. The average molecular weight is 229 g/mol. The zero-order valence-corrected chi connectivity index (χ0v) is 11.0. The van der Waals surface area contributed by atoms with Crippen molar-refractivity contribution in [2.24, 2.45) is 0 Å². The summed E-state index contributed by atoms with van der Waals surface area (Å²) >= 11 is 0. The first-order valence-electron chi connectivity index (χ1n) is 6.44. The Hall–Kier alpha value is -0.160. The van der Waals surface area contributed by atoms with Gasteiger partial charge in [0.1, 0.15) is 0 Å². The maximum absolute atomic E-state index is 9.45. The number of nitrogens with zero attached hydrogens (tertiary/aromatic N) is 2. The lowest BCUT2D eigenvalue weighted by Gasteiger charge is -2.39. The van der Waals surface area contributed by atoms with Crippen LogP contribution in [0.2, 0.25) is 0 Å². The maximum atomic E-state index is 9.45. The van der Waals surface area contributed by atoms with Gasteiger partial charge in [-0.25, -0.2) is 0 Å². The molecule has 0 saturated carbocycles. The van der Waals surface area contributed by atoms with Crippen molar-refractivity contribution >= 4 is 0 Å².